The molecule has 9 heteroatoms. The number of nitrogens with one attached hydrogen (secondary N) is 1. The summed E-state index contributed by atoms with van der Waals surface area (Å²) in [6.07, 6.45) is 3.23. The van der Waals surface area contributed by atoms with Crippen molar-refractivity contribution in [2.45, 2.75) is 25.5 Å². The summed E-state index contributed by atoms with van der Waals surface area (Å²) in [5, 5.41) is 9.12. The van der Waals surface area contributed by atoms with Gasteiger partial charge in [-0.1, -0.05) is 30.3 Å². The van der Waals surface area contributed by atoms with E-state index < -0.39 is 0 Å². The maximum absolute atomic E-state index is 13.4. The fourth-order valence-electron chi connectivity index (χ4n) is 3.85. The fraction of sp³-hybridized carbons (Fsp3) is 0.261. The second kappa shape index (κ2) is 8.72. The van der Waals surface area contributed by atoms with Crippen molar-refractivity contribution in [2.24, 2.45) is 0 Å². The second-order valence-electron chi connectivity index (χ2n) is 7.71. The molecule has 0 aliphatic carbocycles. The zero-order chi connectivity index (χ0) is 21.9. The van der Waals surface area contributed by atoms with Gasteiger partial charge in [0.1, 0.15) is 5.82 Å². The zero-order valence-corrected chi connectivity index (χ0v) is 17.3. The molecule has 2 aromatic carbocycles. The largest absolute Gasteiger partial charge is 0.376 e. The third-order valence-corrected chi connectivity index (χ3v) is 5.44. The Morgan fingerprint density at radius 2 is 1.97 bits per heavy atom. The molecule has 0 spiro atoms. The molecule has 9 nitrogen and oxygen atoms in total. The van der Waals surface area contributed by atoms with Gasteiger partial charge in [0, 0.05) is 13.2 Å². The molecule has 0 radical (unpaired) electrons. The Labute approximate surface area is 183 Å². The summed E-state index contributed by atoms with van der Waals surface area (Å²) in [6.45, 7) is 1.20. The van der Waals surface area contributed by atoms with Crippen LogP contribution >= 0.6 is 0 Å². The van der Waals surface area contributed by atoms with Gasteiger partial charge in [-0.2, -0.15) is 9.90 Å². The van der Waals surface area contributed by atoms with E-state index >= 15 is 0 Å². The average Bonchev–Trinajstić information content (AvgIpc) is 3.51. The van der Waals surface area contributed by atoms with E-state index in [1.165, 1.54) is 11.0 Å². The van der Waals surface area contributed by atoms with Crippen LogP contribution in [-0.2, 0) is 11.3 Å². The monoisotopic (exact) mass is 430 g/mol. The summed E-state index contributed by atoms with van der Waals surface area (Å²) in [6, 6.07) is 16.5. The van der Waals surface area contributed by atoms with Gasteiger partial charge < -0.3 is 14.6 Å². The van der Waals surface area contributed by atoms with E-state index in [1.54, 1.807) is 23.1 Å². The summed E-state index contributed by atoms with van der Waals surface area (Å²) in [4.78, 5) is 36.2. The molecule has 4 aromatic rings. The lowest BCUT2D eigenvalue weighted by molar-refractivity contribution is 0.0496. The molecule has 0 saturated carbocycles. The first kappa shape index (κ1) is 20.1. The second-order valence-corrected chi connectivity index (χ2v) is 7.71. The van der Waals surface area contributed by atoms with E-state index in [4.69, 9.17) is 4.74 Å². The minimum Gasteiger partial charge on any atom is -0.376 e. The van der Waals surface area contributed by atoms with E-state index in [1.807, 2.05) is 36.4 Å². The number of amides is 1. The minimum absolute atomic E-state index is 0.0599. The molecule has 1 amide bonds. The third-order valence-electron chi connectivity index (χ3n) is 5.44. The van der Waals surface area contributed by atoms with Gasteiger partial charge in [-0.05, 0) is 37.1 Å². The summed E-state index contributed by atoms with van der Waals surface area (Å²) >= 11 is 0. The van der Waals surface area contributed by atoms with Crippen molar-refractivity contribution < 1.29 is 9.53 Å². The van der Waals surface area contributed by atoms with E-state index in [9.17, 15) is 9.59 Å². The summed E-state index contributed by atoms with van der Waals surface area (Å²) in [5.74, 6) is 0.119. The number of hydrogen-bond acceptors (Lipinski definition) is 6. The number of carbonyl (C=O) groups excluding carboxylic acids is 1. The smallest absolute Gasteiger partial charge is 0.276 e. The molecule has 1 aliphatic rings. The number of carbonyl (C=O) groups is 1. The van der Waals surface area contributed by atoms with Gasteiger partial charge in [0.2, 0.25) is 0 Å². The van der Waals surface area contributed by atoms with Crippen LogP contribution in [0.25, 0.3) is 16.6 Å². The Morgan fingerprint density at radius 3 is 2.78 bits per heavy atom. The van der Waals surface area contributed by atoms with Gasteiger partial charge in [0.25, 0.3) is 11.5 Å². The summed E-state index contributed by atoms with van der Waals surface area (Å²) in [7, 11) is 0. The first-order chi connectivity index (χ1) is 15.7. The molecule has 1 fully saturated rings. The van der Waals surface area contributed by atoms with Gasteiger partial charge in [0.15, 0.2) is 5.69 Å². The van der Waals surface area contributed by atoms with Crippen LogP contribution in [0.5, 0.6) is 0 Å². The number of aromatic amines is 1. The molecule has 32 heavy (non-hydrogen) atoms. The number of hydrogen-bond donors (Lipinski definition) is 1. The van der Waals surface area contributed by atoms with Crippen molar-refractivity contribution in [3.63, 3.8) is 0 Å². The van der Waals surface area contributed by atoms with Gasteiger partial charge in [-0.25, -0.2) is 4.98 Å². The molecule has 0 bridgehead atoms. The lowest BCUT2D eigenvalue weighted by atomic mass is 10.2. The van der Waals surface area contributed by atoms with Crippen LogP contribution in [0.1, 0.15) is 29.2 Å². The fourth-order valence-corrected chi connectivity index (χ4v) is 3.85. The lowest BCUT2D eigenvalue weighted by Crippen LogP contribution is -2.38. The average molecular weight is 430 g/mol. The number of aromatic nitrogens is 5. The number of benzene rings is 2. The van der Waals surface area contributed by atoms with Crippen LogP contribution in [0.3, 0.4) is 0 Å². The van der Waals surface area contributed by atoms with Gasteiger partial charge in [0.05, 0.1) is 35.4 Å². The first-order valence-corrected chi connectivity index (χ1v) is 10.5. The first-order valence-electron chi connectivity index (χ1n) is 10.5. The van der Waals surface area contributed by atoms with E-state index in [2.05, 4.69) is 20.2 Å². The van der Waals surface area contributed by atoms with Crippen molar-refractivity contribution in [2.75, 3.05) is 13.2 Å². The molecule has 1 N–H and O–H groups in total. The van der Waals surface area contributed by atoms with Crippen molar-refractivity contribution in [3.05, 3.63) is 82.7 Å². The highest BCUT2D eigenvalue weighted by molar-refractivity contribution is 5.92. The quantitative estimate of drug-likeness (QED) is 0.503. The number of nitrogens with zero attached hydrogens (tertiary/aromatic N) is 5. The zero-order valence-electron chi connectivity index (χ0n) is 17.3. The number of para-hydroxylation sites is 2. The summed E-state index contributed by atoms with van der Waals surface area (Å²) < 4.78 is 5.75. The van der Waals surface area contributed by atoms with Crippen molar-refractivity contribution in [1.29, 1.82) is 0 Å². The molecule has 1 unspecified atom stereocenters. The standard InChI is InChI=1S/C23H22N6O3/c30-22-18-10-4-5-11-19(18)25-21(26-22)15-28(14-17-9-6-12-32-17)23(31)20-13-24-29(27-20)16-7-2-1-3-8-16/h1-5,7-8,10-11,13,17H,6,9,12,14-15H2,(H,25,26,30). The van der Waals surface area contributed by atoms with E-state index in [0.29, 0.717) is 29.9 Å². The predicted octanol–water partition coefficient (Wildman–Crippen LogP) is 2.33. The maximum Gasteiger partial charge on any atom is 0.276 e. The van der Waals surface area contributed by atoms with Crippen LogP contribution in [-0.4, -0.2) is 55.0 Å². The van der Waals surface area contributed by atoms with Crippen LogP contribution in [0, 0.1) is 0 Å². The van der Waals surface area contributed by atoms with E-state index in [0.717, 1.165) is 18.5 Å². The van der Waals surface area contributed by atoms with Gasteiger partial charge >= 0.3 is 0 Å². The molecule has 2 aromatic heterocycles. The maximum atomic E-state index is 13.4. The molecule has 5 rings (SSSR count). The highest BCUT2D eigenvalue weighted by Crippen LogP contribution is 2.17. The number of rotatable bonds is 6. The van der Waals surface area contributed by atoms with Crippen molar-refractivity contribution >= 4 is 16.8 Å². The third kappa shape index (κ3) is 4.15. The number of ether oxygens (including phenoxy) is 1. The Bertz CT molecular complexity index is 1290. The van der Waals surface area contributed by atoms with Crippen LogP contribution in [0.15, 0.2) is 65.6 Å². The molecule has 1 atom stereocenters. The van der Waals surface area contributed by atoms with Crippen molar-refractivity contribution in [1.82, 2.24) is 29.9 Å². The highest BCUT2D eigenvalue weighted by atomic mass is 16.5. The molecule has 3 heterocycles. The Hall–Kier alpha value is -3.85. The summed E-state index contributed by atoms with van der Waals surface area (Å²) in [5.41, 5.74) is 1.34. The normalized spacial score (nSPS) is 15.8. The molecule has 1 saturated heterocycles. The Kier molecular flexibility index (Phi) is 5.47. The number of fused-ring (bicyclic) bond motifs is 1. The van der Waals surface area contributed by atoms with Crippen LogP contribution < -0.4 is 5.56 Å². The lowest BCUT2D eigenvalue weighted by Gasteiger charge is -2.24. The van der Waals surface area contributed by atoms with Crippen molar-refractivity contribution in [3.8, 4) is 5.69 Å². The van der Waals surface area contributed by atoms with Gasteiger partial charge in [-0.3, -0.25) is 9.59 Å². The molecular weight excluding hydrogens is 408 g/mol. The Morgan fingerprint density at radius 1 is 1.16 bits per heavy atom. The van der Waals surface area contributed by atoms with Crippen LogP contribution in [0.2, 0.25) is 0 Å². The number of H-pyrrole nitrogens is 1. The van der Waals surface area contributed by atoms with Gasteiger partial charge in [-0.15, -0.1) is 5.10 Å². The molecule has 1 aliphatic heterocycles. The Balaban J connectivity index is 1.44. The SMILES string of the molecule is O=C(c1cnn(-c2ccccc2)n1)N(Cc1nc2ccccc2c(=O)[nH]1)CC1CCCO1. The minimum atomic E-state index is -0.293. The van der Waals surface area contributed by atoms with E-state index in [-0.39, 0.29) is 29.8 Å². The molecule has 162 valence electrons. The van der Waals surface area contributed by atoms with Crippen LogP contribution in [0.4, 0.5) is 0 Å². The topological polar surface area (TPSA) is 106 Å². The predicted molar refractivity (Wildman–Crippen MR) is 117 cm³/mol. The molecular formula is C23H22N6O3. The highest BCUT2D eigenvalue weighted by Gasteiger charge is 2.26.